The molecule has 0 aliphatic carbocycles. The smallest absolute Gasteiger partial charge is 0.401 e. The first-order chi connectivity index (χ1) is 14.3. The third kappa shape index (κ3) is 8.05. The average molecular weight is 551 g/mol. The van der Waals surface area contributed by atoms with Gasteiger partial charge in [0.2, 0.25) is 0 Å². The number of nitrogens with one attached hydrogen (secondary N) is 3. The molecule has 1 aromatic carbocycles. The van der Waals surface area contributed by atoms with Crippen LogP contribution in [0.1, 0.15) is 22.5 Å². The predicted molar refractivity (Wildman–Crippen MR) is 123 cm³/mol. The van der Waals surface area contributed by atoms with Gasteiger partial charge in [-0.2, -0.15) is 13.2 Å². The maximum atomic E-state index is 12.5. The van der Waals surface area contributed by atoms with Crippen molar-refractivity contribution < 1.29 is 22.4 Å². The lowest BCUT2D eigenvalue weighted by molar-refractivity contribution is -0.143. The number of amides is 1. The quantitative estimate of drug-likeness (QED) is 0.291. The van der Waals surface area contributed by atoms with Crippen molar-refractivity contribution in [2.24, 2.45) is 4.99 Å². The van der Waals surface area contributed by atoms with Crippen LogP contribution in [0.3, 0.4) is 0 Å². The molecule has 31 heavy (non-hydrogen) atoms. The van der Waals surface area contributed by atoms with Crippen LogP contribution in [0, 0.1) is 0 Å². The summed E-state index contributed by atoms with van der Waals surface area (Å²) in [5, 5.41) is 9.08. The number of furan rings is 1. The molecule has 2 heterocycles. The fourth-order valence-electron chi connectivity index (χ4n) is 3.28. The first-order valence-electron chi connectivity index (χ1n) is 9.52. The first kappa shape index (κ1) is 25.0. The van der Waals surface area contributed by atoms with E-state index in [9.17, 15) is 18.0 Å². The molecule has 2 aromatic rings. The molecule has 1 unspecified atom stereocenters. The monoisotopic (exact) mass is 551 g/mol. The van der Waals surface area contributed by atoms with Crippen LogP contribution in [0.25, 0.3) is 0 Å². The fraction of sp³-hybridized carbons (Fsp3) is 0.400. The second-order valence-electron chi connectivity index (χ2n) is 7.04. The molecule has 0 spiro atoms. The second-order valence-corrected chi connectivity index (χ2v) is 7.04. The molecule has 170 valence electrons. The molecule has 1 amide bonds. The third-order valence-corrected chi connectivity index (χ3v) is 4.63. The van der Waals surface area contributed by atoms with Gasteiger partial charge in [0.1, 0.15) is 0 Å². The Bertz CT molecular complexity index is 874. The van der Waals surface area contributed by atoms with Crippen LogP contribution in [-0.2, 0) is 6.54 Å². The van der Waals surface area contributed by atoms with Gasteiger partial charge in [-0.05, 0) is 36.2 Å². The molecule has 0 radical (unpaired) electrons. The van der Waals surface area contributed by atoms with Gasteiger partial charge in [0.25, 0.3) is 5.91 Å². The predicted octanol–water partition coefficient (Wildman–Crippen LogP) is 3.45. The Kier molecular flexibility index (Phi) is 9.16. The van der Waals surface area contributed by atoms with Crippen LogP contribution in [0.4, 0.5) is 18.9 Å². The Morgan fingerprint density at radius 2 is 2.10 bits per heavy atom. The number of likely N-dealkylation sites (tertiary alicyclic amines) is 1. The van der Waals surface area contributed by atoms with E-state index in [1.165, 1.54) is 11.2 Å². The van der Waals surface area contributed by atoms with E-state index < -0.39 is 12.7 Å². The topological polar surface area (TPSA) is 81.9 Å². The van der Waals surface area contributed by atoms with Gasteiger partial charge in [-0.15, -0.1) is 24.0 Å². The number of benzene rings is 1. The molecule has 0 bridgehead atoms. The summed E-state index contributed by atoms with van der Waals surface area (Å²) in [4.78, 5) is 17.6. The number of alkyl halides is 3. The van der Waals surface area contributed by atoms with Crippen LogP contribution < -0.4 is 16.0 Å². The molecule has 1 aliphatic heterocycles. The Morgan fingerprint density at radius 1 is 1.29 bits per heavy atom. The first-order valence-corrected chi connectivity index (χ1v) is 9.52. The highest BCUT2D eigenvalue weighted by Gasteiger charge is 2.34. The minimum atomic E-state index is -4.19. The molecule has 3 N–H and O–H groups in total. The van der Waals surface area contributed by atoms with Crippen molar-refractivity contribution in [3.63, 3.8) is 0 Å². The zero-order chi connectivity index (χ0) is 21.6. The van der Waals surface area contributed by atoms with Gasteiger partial charge in [0.05, 0.1) is 12.8 Å². The zero-order valence-electron chi connectivity index (χ0n) is 16.9. The highest BCUT2D eigenvalue weighted by molar-refractivity contribution is 14.0. The van der Waals surface area contributed by atoms with Crippen LogP contribution in [0.5, 0.6) is 0 Å². The summed E-state index contributed by atoms with van der Waals surface area (Å²) in [6, 6.07) is 10.4. The summed E-state index contributed by atoms with van der Waals surface area (Å²) in [6.45, 7) is 0.247. The number of carbonyl (C=O) groups is 1. The van der Waals surface area contributed by atoms with E-state index in [0.29, 0.717) is 37.7 Å². The number of anilines is 1. The number of hydrogen-bond acceptors (Lipinski definition) is 4. The SMILES string of the molecule is CN=C(NCc1cccc(NC(=O)c2ccco2)c1)NC1CCN(CC(F)(F)F)C1.I. The molecule has 1 atom stereocenters. The molecular formula is C20H25F3IN5O2. The van der Waals surface area contributed by atoms with Gasteiger partial charge in [-0.25, -0.2) is 0 Å². The van der Waals surface area contributed by atoms with Crippen LogP contribution in [-0.4, -0.2) is 55.7 Å². The number of nitrogens with zero attached hydrogens (tertiary/aromatic N) is 2. The average Bonchev–Trinajstić information content (AvgIpc) is 3.36. The molecule has 7 nitrogen and oxygen atoms in total. The van der Waals surface area contributed by atoms with Crippen molar-refractivity contribution in [3.05, 3.63) is 54.0 Å². The third-order valence-electron chi connectivity index (χ3n) is 4.63. The van der Waals surface area contributed by atoms with Gasteiger partial charge >= 0.3 is 6.18 Å². The number of carbonyl (C=O) groups excluding carboxylic acids is 1. The lowest BCUT2D eigenvalue weighted by atomic mass is 10.2. The number of halogens is 4. The van der Waals surface area contributed by atoms with E-state index in [2.05, 4.69) is 20.9 Å². The molecule has 1 fully saturated rings. The second kappa shape index (κ2) is 11.4. The van der Waals surface area contributed by atoms with Crippen molar-refractivity contribution in [1.29, 1.82) is 0 Å². The maximum Gasteiger partial charge on any atom is 0.401 e. The summed E-state index contributed by atoms with van der Waals surface area (Å²) in [5.41, 5.74) is 1.53. The molecule has 11 heteroatoms. The fourth-order valence-corrected chi connectivity index (χ4v) is 3.28. The largest absolute Gasteiger partial charge is 0.459 e. The minimum Gasteiger partial charge on any atom is -0.459 e. The summed E-state index contributed by atoms with van der Waals surface area (Å²) in [5.74, 6) is 0.394. The van der Waals surface area contributed by atoms with Crippen LogP contribution in [0.15, 0.2) is 52.1 Å². The highest BCUT2D eigenvalue weighted by Crippen LogP contribution is 2.20. The number of aliphatic imine (C=N–C) groups is 1. The summed E-state index contributed by atoms with van der Waals surface area (Å²) >= 11 is 0. The standard InChI is InChI=1S/C20H24F3N5O2.HI/c1-24-19(27-16-7-8-28(12-16)13-20(21,22)23)25-11-14-4-2-5-15(10-14)26-18(29)17-6-3-9-30-17;/h2-6,9-10,16H,7-8,11-13H2,1H3,(H,26,29)(H2,24,25,27);1H. The van der Waals surface area contributed by atoms with E-state index >= 15 is 0 Å². The Hall–Kier alpha value is -2.28. The molecule has 1 aliphatic rings. The van der Waals surface area contributed by atoms with Gasteiger partial charge in [-0.1, -0.05) is 12.1 Å². The minimum absolute atomic E-state index is 0. The van der Waals surface area contributed by atoms with Gasteiger partial charge in [-0.3, -0.25) is 14.7 Å². The lowest BCUT2D eigenvalue weighted by Gasteiger charge is -2.20. The zero-order valence-corrected chi connectivity index (χ0v) is 19.2. The molecule has 1 saturated heterocycles. The van der Waals surface area contributed by atoms with E-state index in [-0.39, 0.29) is 41.7 Å². The number of rotatable bonds is 6. The number of hydrogen-bond donors (Lipinski definition) is 3. The van der Waals surface area contributed by atoms with E-state index in [0.717, 1.165) is 5.56 Å². The molecular weight excluding hydrogens is 526 g/mol. The summed E-state index contributed by atoms with van der Waals surface area (Å²) in [7, 11) is 1.61. The Labute approximate surface area is 195 Å². The summed E-state index contributed by atoms with van der Waals surface area (Å²) < 4.78 is 42.7. The van der Waals surface area contributed by atoms with E-state index in [1.54, 1.807) is 25.2 Å². The highest BCUT2D eigenvalue weighted by atomic mass is 127. The molecule has 0 saturated carbocycles. The van der Waals surface area contributed by atoms with Crippen molar-refractivity contribution in [1.82, 2.24) is 15.5 Å². The lowest BCUT2D eigenvalue weighted by Crippen LogP contribution is -2.44. The normalized spacial score (nSPS) is 17.2. The molecule has 1 aromatic heterocycles. The van der Waals surface area contributed by atoms with E-state index in [4.69, 9.17) is 4.42 Å². The summed E-state index contributed by atoms with van der Waals surface area (Å²) in [6.07, 6.45) is -2.14. The molecule has 3 rings (SSSR count). The Morgan fingerprint density at radius 3 is 2.77 bits per heavy atom. The Balaban J connectivity index is 0.00000341. The van der Waals surface area contributed by atoms with Crippen molar-refractivity contribution >= 4 is 41.5 Å². The van der Waals surface area contributed by atoms with Crippen LogP contribution >= 0.6 is 24.0 Å². The van der Waals surface area contributed by atoms with Gasteiger partial charge in [0, 0.05) is 38.4 Å². The van der Waals surface area contributed by atoms with Crippen molar-refractivity contribution in [2.75, 3.05) is 32.0 Å². The van der Waals surface area contributed by atoms with Crippen molar-refractivity contribution in [3.8, 4) is 0 Å². The van der Waals surface area contributed by atoms with Gasteiger partial charge < -0.3 is 20.4 Å². The van der Waals surface area contributed by atoms with E-state index in [1.807, 2.05) is 18.2 Å². The van der Waals surface area contributed by atoms with Gasteiger partial charge in [0.15, 0.2) is 11.7 Å². The van der Waals surface area contributed by atoms with Crippen molar-refractivity contribution in [2.45, 2.75) is 25.2 Å². The maximum absolute atomic E-state index is 12.5. The van der Waals surface area contributed by atoms with Crippen LogP contribution in [0.2, 0.25) is 0 Å². The number of guanidine groups is 1.